The largest absolute Gasteiger partial charge is 1.00 e. The first kappa shape index (κ1) is 32.3. The van der Waals surface area contributed by atoms with Gasteiger partial charge in [0.2, 0.25) is 0 Å². The summed E-state index contributed by atoms with van der Waals surface area (Å²) < 4.78 is 5.02. The molecule has 0 saturated heterocycles. The molecule has 0 nitrogen and oxygen atoms in total. The van der Waals surface area contributed by atoms with Gasteiger partial charge in [-0.1, -0.05) is 0 Å². The Morgan fingerprint density at radius 2 is 1.14 bits per heavy atom. The summed E-state index contributed by atoms with van der Waals surface area (Å²) >= 11 is -2.52. The molecule has 0 bridgehead atoms. The summed E-state index contributed by atoms with van der Waals surface area (Å²) in [5, 5.41) is 0. The first-order valence-electron chi connectivity index (χ1n) is 15.3. The Morgan fingerprint density at radius 1 is 0.651 bits per heavy atom. The van der Waals surface area contributed by atoms with E-state index in [0.717, 1.165) is 0 Å². The van der Waals surface area contributed by atoms with Gasteiger partial charge in [0.25, 0.3) is 0 Å². The Hall–Kier alpha value is -2.05. The Balaban J connectivity index is 0.00000184. The SMILES string of the molecule is CC1=CC(C)[C](/[Zr+2](=[CH]\c2ccccc2)[CH]2c3cc4c(cc3-c3cc5c(cc32)C(C)(C)C=C5C)C(C)=CC4(C)C)=C1C.[Cl-].[Cl-]. The quantitative estimate of drug-likeness (QED) is 0.382. The molecule has 1 atom stereocenters. The minimum absolute atomic E-state index is 0. The number of hydrogen-bond acceptors (Lipinski definition) is 0. The van der Waals surface area contributed by atoms with Crippen LogP contribution in [0.15, 0.2) is 87.3 Å². The molecule has 4 aliphatic carbocycles. The summed E-state index contributed by atoms with van der Waals surface area (Å²) in [5.41, 5.74) is 19.5. The van der Waals surface area contributed by atoms with Crippen LogP contribution >= 0.6 is 0 Å². The van der Waals surface area contributed by atoms with Crippen LogP contribution in [0, 0.1) is 5.92 Å². The molecule has 0 N–H and O–H groups in total. The average molecular weight is 685 g/mol. The van der Waals surface area contributed by atoms with Crippen LogP contribution < -0.4 is 24.8 Å². The van der Waals surface area contributed by atoms with Crippen molar-refractivity contribution < 1.29 is 46.1 Å². The molecular weight excluding hydrogens is 643 g/mol. The van der Waals surface area contributed by atoms with E-state index < -0.39 is 21.3 Å². The molecule has 0 saturated carbocycles. The molecule has 7 rings (SSSR count). The van der Waals surface area contributed by atoms with Gasteiger partial charge in [-0.3, -0.25) is 0 Å². The monoisotopic (exact) mass is 682 g/mol. The zero-order valence-corrected chi connectivity index (χ0v) is 30.9. The van der Waals surface area contributed by atoms with Gasteiger partial charge in [0, 0.05) is 0 Å². The standard InChI is InChI=1S/C25H25.C8H11.C7H6.2ClH.Zr/c1-14-12-24(3,4)22-8-16-7-17-9-23-19(15(2)13-25(23,5)6)11-21(17)20(16)10-18(14)22;1-6-4-7(2)8(3)5-6;1-7-5-3-2-4-6-7;;;/h7-13H,1-6H3;4,6H,1-3H3;1-6H;2*1H;/q;;;;;+2/p-2. The molecule has 0 radical (unpaired) electrons. The molecule has 220 valence electrons. The van der Waals surface area contributed by atoms with Crippen LogP contribution in [0.1, 0.15) is 105 Å². The Morgan fingerprint density at radius 3 is 1.58 bits per heavy atom. The fourth-order valence-corrected chi connectivity index (χ4v) is 17.2. The first-order chi connectivity index (χ1) is 19.4. The van der Waals surface area contributed by atoms with Crippen LogP contribution in [-0.4, -0.2) is 3.71 Å². The van der Waals surface area contributed by atoms with Crippen molar-refractivity contribution in [3.63, 3.8) is 0 Å². The molecule has 1 unspecified atom stereocenters. The molecule has 3 heteroatoms. The summed E-state index contributed by atoms with van der Waals surface area (Å²) in [7, 11) is 0. The van der Waals surface area contributed by atoms with Crippen molar-refractivity contribution in [2.45, 2.75) is 76.8 Å². The summed E-state index contributed by atoms with van der Waals surface area (Å²) in [4.78, 5) is 0. The van der Waals surface area contributed by atoms with Crippen molar-refractivity contribution in [3.05, 3.63) is 126 Å². The second-order valence-corrected chi connectivity index (χ2v) is 19.9. The fraction of sp³-hybridized carbons (Fsp3) is 0.325. The Labute approximate surface area is 279 Å². The molecule has 0 fully saturated rings. The van der Waals surface area contributed by atoms with Gasteiger partial charge in [-0.25, -0.2) is 0 Å². The normalized spacial score (nSPS) is 20.4. The average Bonchev–Trinajstić information content (AvgIpc) is 3.52. The van der Waals surface area contributed by atoms with E-state index in [0.29, 0.717) is 9.54 Å². The Bertz CT molecular complexity index is 1740. The van der Waals surface area contributed by atoms with E-state index in [-0.39, 0.29) is 35.6 Å². The van der Waals surface area contributed by atoms with Gasteiger partial charge >= 0.3 is 256 Å². The van der Waals surface area contributed by atoms with Crippen molar-refractivity contribution in [2.24, 2.45) is 5.92 Å². The van der Waals surface area contributed by atoms with Crippen LogP contribution in [-0.2, 0) is 32.1 Å². The summed E-state index contributed by atoms with van der Waals surface area (Å²) in [6.45, 7) is 21.4. The van der Waals surface area contributed by atoms with Crippen LogP contribution in [0.25, 0.3) is 22.3 Å². The van der Waals surface area contributed by atoms with Gasteiger partial charge in [-0.05, 0) is 0 Å². The molecule has 0 heterocycles. The first-order valence-corrected chi connectivity index (χ1v) is 19.4. The zero-order valence-electron chi connectivity index (χ0n) is 26.9. The fourth-order valence-electron chi connectivity index (χ4n) is 8.45. The van der Waals surface area contributed by atoms with Crippen LogP contribution in [0.3, 0.4) is 0 Å². The predicted octanol–water partition coefficient (Wildman–Crippen LogP) is 4.49. The molecule has 3 aromatic rings. The smallest absolute Gasteiger partial charge is 1.00 e. The number of rotatable bonds is 3. The second kappa shape index (κ2) is 11.1. The number of halogens is 2. The van der Waals surface area contributed by atoms with Gasteiger partial charge in [0.15, 0.2) is 0 Å². The van der Waals surface area contributed by atoms with Gasteiger partial charge in [-0.2, -0.15) is 0 Å². The maximum Gasteiger partial charge on any atom is -1.00 e. The van der Waals surface area contributed by atoms with Gasteiger partial charge in [0.1, 0.15) is 0 Å². The van der Waals surface area contributed by atoms with Gasteiger partial charge in [-0.15, -0.1) is 0 Å². The van der Waals surface area contributed by atoms with Crippen LogP contribution in [0.2, 0.25) is 0 Å². The van der Waals surface area contributed by atoms with Crippen molar-refractivity contribution >= 4 is 14.9 Å². The van der Waals surface area contributed by atoms with Crippen molar-refractivity contribution in [3.8, 4) is 11.1 Å². The third kappa shape index (κ3) is 4.94. The van der Waals surface area contributed by atoms with E-state index in [1.807, 2.05) is 0 Å². The number of hydrogen-bond donors (Lipinski definition) is 0. The molecule has 0 spiro atoms. The molecule has 0 amide bonds. The summed E-state index contributed by atoms with van der Waals surface area (Å²) in [5.74, 6) is 0.515. The number of allylic oxidation sites excluding steroid dienone is 8. The molecule has 3 aromatic carbocycles. The maximum absolute atomic E-state index is 2.78. The van der Waals surface area contributed by atoms with Crippen molar-refractivity contribution in [1.29, 1.82) is 0 Å². The molecule has 0 aliphatic heterocycles. The topological polar surface area (TPSA) is 0 Å². The molecular formula is C40H42Cl2Zr. The number of benzene rings is 3. The minimum atomic E-state index is -2.52. The predicted molar refractivity (Wildman–Crippen MR) is 174 cm³/mol. The van der Waals surface area contributed by atoms with E-state index in [1.54, 1.807) is 20.0 Å². The maximum atomic E-state index is 2.78. The van der Waals surface area contributed by atoms with Gasteiger partial charge < -0.3 is 24.8 Å². The minimum Gasteiger partial charge on any atom is -1.00 e. The van der Waals surface area contributed by atoms with Crippen LogP contribution in [0.5, 0.6) is 0 Å². The second-order valence-electron chi connectivity index (χ2n) is 14.2. The molecule has 0 aromatic heterocycles. The van der Waals surface area contributed by atoms with E-state index in [4.69, 9.17) is 0 Å². The summed E-state index contributed by atoms with van der Waals surface area (Å²) in [6.07, 6.45) is 7.49. The van der Waals surface area contributed by atoms with E-state index in [2.05, 4.69) is 139 Å². The van der Waals surface area contributed by atoms with Crippen LogP contribution in [0.4, 0.5) is 0 Å². The zero-order chi connectivity index (χ0) is 29.0. The number of fused-ring (bicyclic) bond motifs is 5. The third-order valence-electron chi connectivity index (χ3n) is 10.4. The van der Waals surface area contributed by atoms with Crippen molar-refractivity contribution in [2.75, 3.05) is 0 Å². The van der Waals surface area contributed by atoms with Crippen molar-refractivity contribution in [1.82, 2.24) is 0 Å². The van der Waals surface area contributed by atoms with Gasteiger partial charge in [0.05, 0.1) is 0 Å². The van der Waals surface area contributed by atoms with E-state index >= 15 is 0 Å². The molecule has 4 aliphatic rings. The van der Waals surface area contributed by atoms with E-state index in [9.17, 15) is 0 Å². The Kier molecular flexibility index (Phi) is 8.34. The third-order valence-corrected chi connectivity index (χ3v) is 18.6. The molecule has 43 heavy (non-hydrogen) atoms. The summed E-state index contributed by atoms with van der Waals surface area (Å²) in [6, 6.07) is 21.7. The van der Waals surface area contributed by atoms with E-state index in [1.165, 1.54) is 55.7 Å².